The number of carboxylic acid groups (broad SMARTS) is 1. The van der Waals surface area contributed by atoms with Crippen LogP contribution in [0.2, 0.25) is 0 Å². The summed E-state index contributed by atoms with van der Waals surface area (Å²) in [6, 6.07) is 4.34. The van der Waals surface area contributed by atoms with Gasteiger partial charge < -0.3 is 5.11 Å². The number of nitro benzene ring substituents is 4. The maximum atomic E-state index is 12.1. The van der Waals surface area contributed by atoms with E-state index in [9.17, 15) is 50.4 Å². The lowest BCUT2D eigenvalue weighted by atomic mass is 9.74. The molecule has 0 unspecified atom stereocenters. The van der Waals surface area contributed by atoms with Gasteiger partial charge in [0.1, 0.15) is 5.41 Å². The molecule has 0 aromatic heterocycles. The molecule has 0 aliphatic rings. The van der Waals surface area contributed by atoms with Gasteiger partial charge in [0.05, 0.1) is 43.0 Å². The average Bonchev–Trinajstić information content (AvgIpc) is 2.65. The molecule has 14 nitrogen and oxygen atoms in total. The molecule has 14 heteroatoms. The van der Waals surface area contributed by atoms with Crippen LogP contribution in [0.25, 0.3) is 0 Å². The summed E-state index contributed by atoms with van der Waals surface area (Å²) in [7, 11) is 0. The fourth-order valence-electron chi connectivity index (χ4n) is 2.79. The molecule has 1 N–H and O–H groups in total. The summed E-state index contributed by atoms with van der Waals surface area (Å²) in [5.41, 5.74) is -6.84. The molecule has 0 saturated carbocycles. The van der Waals surface area contributed by atoms with Gasteiger partial charge in [0.15, 0.2) is 0 Å². The van der Waals surface area contributed by atoms with Gasteiger partial charge in [-0.15, -0.1) is 0 Å². The van der Waals surface area contributed by atoms with Crippen LogP contribution in [0.3, 0.4) is 0 Å². The number of carboxylic acids is 1. The Morgan fingerprint density at radius 1 is 0.759 bits per heavy atom. The van der Waals surface area contributed by atoms with E-state index in [4.69, 9.17) is 0 Å². The molecule has 0 heterocycles. The Hall–Kier alpha value is -4.49. The van der Waals surface area contributed by atoms with Gasteiger partial charge in [0.2, 0.25) is 0 Å². The zero-order chi connectivity index (χ0) is 22.1. The largest absolute Gasteiger partial charge is 0.480 e. The van der Waals surface area contributed by atoms with Gasteiger partial charge in [-0.25, -0.2) is 0 Å². The number of hydrogen-bond acceptors (Lipinski definition) is 9. The second kappa shape index (κ2) is 7.26. The minimum absolute atomic E-state index is 0.535. The highest BCUT2D eigenvalue weighted by molar-refractivity contribution is 5.89. The van der Waals surface area contributed by atoms with Crippen molar-refractivity contribution >= 4 is 28.7 Å². The van der Waals surface area contributed by atoms with Gasteiger partial charge in [-0.3, -0.25) is 45.3 Å². The molecule has 2 aromatic rings. The van der Waals surface area contributed by atoms with Crippen LogP contribution < -0.4 is 0 Å². The van der Waals surface area contributed by atoms with Gasteiger partial charge in [0.25, 0.3) is 22.7 Å². The molecule has 0 saturated heterocycles. The fourth-order valence-corrected chi connectivity index (χ4v) is 2.79. The van der Waals surface area contributed by atoms with Gasteiger partial charge in [-0.2, -0.15) is 0 Å². The van der Waals surface area contributed by atoms with Gasteiger partial charge >= 0.3 is 5.97 Å². The number of rotatable bonds is 7. The topological polar surface area (TPSA) is 210 Å². The molecule has 29 heavy (non-hydrogen) atoms. The van der Waals surface area contributed by atoms with Crippen LogP contribution >= 0.6 is 0 Å². The number of non-ortho nitro benzene ring substituents is 2. The zero-order valence-corrected chi connectivity index (χ0v) is 14.4. The Morgan fingerprint density at radius 3 is 1.34 bits per heavy atom. The second-order valence-corrected chi connectivity index (χ2v) is 5.86. The summed E-state index contributed by atoms with van der Waals surface area (Å²) < 4.78 is 0. The summed E-state index contributed by atoms with van der Waals surface area (Å²) in [6.45, 7) is 0.928. The first kappa shape index (κ1) is 20.8. The Bertz CT molecular complexity index is 1010. The predicted octanol–water partition coefficient (Wildman–Crippen LogP) is 2.71. The quantitative estimate of drug-likeness (QED) is 0.524. The average molecular weight is 406 g/mol. The molecule has 2 rings (SSSR count). The SMILES string of the molecule is CC(C(=O)O)(c1ccc([N+](=O)[O-])cc1[N+](=O)[O-])c1ccc([N+](=O)[O-])cc1[N+](=O)[O-]. The van der Waals surface area contributed by atoms with Crippen molar-refractivity contribution in [1.82, 2.24) is 0 Å². The minimum atomic E-state index is -2.42. The smallest absolute Gasteiger partial charge is 0.318 e. The van der Waals surface area contributed by atoms with Crippen molar-refractivity contribution in [3.05, 3.63) is 88.0 Å². The highest BCUT2D eigenvalue weighted by atomic mass is 16.6. The van der Waals surface area contributed by atoms with E-state index in [0.29, 0.717) is 12.1 Å². The molecule has 0 bridgehead atoms. The highest BCUT2D eigenvalue weighted by Gasteiger charge is 2.47. The molecule has 0 radical (unpaired) electrons. The third-order valence-electron chi connectivity index (χ3n) is 4.28. The lowest BCUT2D eigenvalue weighted by Crippen LogP contribution is -2.35. The van der Waals surface area contributed by atoms with Gasteiger partial charge in [-0.05, 0) is 19.1 Å². The zero-order valence-electron chi connectivity index (χ0n) is 14.4. The molecule has 0 atom stereocenters. The normalized spacial score (nSPS) is 10.9. The van der Waals surface area contributed by atoms with Crippen LogP contribution in [0.1, 0.15) is 18.1 Å². The molecular weight excluding hydrogens is 396 g/mol. The molecule has 0 amide bonds. The Morgan fingerprint density at radius 2 is 1.10 bits per heavy atom. The number of carbonyl (C=O) groups is 1. The number of nitrogens with zero attached hydrogens (tertiary/aromatic N) is 4. The van der Waals surface area contributed by atoms with Gasteiger partial charge in [-0.1, -0.05) is 0 Å². The van der Waals surface area contributed by atoms with Crippen molar-refractivity contribution in [3.63, 3.8) is 0 Å². The van der Waals surface area contributed by atoms with Crippen LogP contribution in [0, 0.1) is 40.5 Å². The molecular formula is C15H10N4O10. The van der Waals surface area contributed by atoms with E-state index in [1.165, 1.54) is 0 Å². The first-order valence-electron chi connectivity index (χ1n) is 7.51. The maximum absolute atomic E-state index is 12.1. The van der Waals surface area contributed by atoms with Crippen LogP contribution in [-0.4, -0.2) is 30.8 Å². The predicted molar refractivity (Wildman–Crippen MR) is 93.6 cm³/mol. The lowest BCUT2D eigenvalue weighted by molar-refractivity contribution is -0.395. The van der Waals surface area contributed by atoms with Crippen LogP contribution in [-0.2, 0) is 10.2 Å². The standard InChI is InChI=1S/C15H10N4O10/c1-15(14(20)21,10-4-2-8(16(22)23)6-12(10)18(26)27)11-5-3-9(17(24)25)7-13(11)19(28)29/h2-7H,1H3,(H,20,21). The van der Waals surface area contributed by atoms with E-state index in [-0.39, 0.29) is 0 Å². The monoisotopic (exact) mass is 406 g/mol. The molecule has 0 fully saturated rings. The van der Waals surface area contributed by atoms with Gasteiger partial charge in [0, 0.05) is 12.1 Å². The van der Waals surface area contributed by atoms with E-state index in [1.807, 2.05) is 0 Å². The molecule has 150 valence electrons. The third kappa shape index (κ3) is 3.53. The molecule has 0 spiro atoms. The van der Waals surface area contributed by atoms with Crippen LogP contribution in [0.5, 0.6) is 0 Å². The number of aliphatic carboxylic acids is 1. The van der Waals surface area contributed by atoms with E-state index >= 15 is 0 Å². The summed E-state index contributed by atoms with van der Waals surface area (Å²) >= 11 is 0. The lowest BCUT2D eigenvalue weighted by Gasteiger charge is -2.25. The number of benzene rings is 2. The Labute approximate surface area is 159 Å². The Kier molecular flexibility index (Phi) is 5.21. The highest BCUT2D eigenvalue weighted by Crippen LogP contribution is 2.43. The van der Waals surface area contributed by atoms with E-state index in [2.05, 4.69) is 0 Å². The van der Waals surface area contributed by atoms with Crippen molar-refractivity contribution in [1.29, 1.82) is 0 Å². The number of nitro groups is 4. The van der Waals surface area contributed by atoms with Crippen molar-refractivity contribution < 1.29 is 29.6 Å². The van der Waals surface area contributed by atoms with E-state index < -0.39 is 65.0 Å². The van der Waals surface area contributed by atoms with E-state index in [0.717, 1.165) is 31.2 Å². The molecule has 2 aromatic carbocycles. The van der Waals surface area contributed by atoms with Crippen molar-refractivity contribution in [2.75, 3.05) is 0 Å². The summed E-state index contributed by atoms with van der Waals surface area (Å²) in [4.78, 5) is 52.8. The first-order chi connectivity index (χ1) is 13.4. The fraction of sp³-hybridized carbons (Fsp3) is 0.133. The Balaban J connectivity index is 2.92. The van der Waals surface area contributed by atoms with Crippen LogP contribution in [0.15, 0.2) is 36.4 Å². The van der Waals surface area contributed by atoms with Crippen LogP contribution in [0.4, 0.5) is 22.7 Å². The summed E-state index contributed by atoms with van der Waals surface area (Å²) in [5, 5.41) is 54.4. The van der Waals surface area contributed by atoms with Crippen molar-refractivity contribution in [3.8, 4) is 0 Å². The van der Waals surface area contributed by atoms with E-state index in [1.54, 1.807) is 0 Å². The van der Waals surface area contributed by atoms with Crippen molar-refractivity contribution in [2.45, 2.75) is 12.3 Å². The molecule has 0 aliphatic heterocycles. The minimum Gasteiger partial charge on any atom is -0.480 e. The second-order valence-electron chi connectivity index (χ2n) is 5.86. The molecule has 0 aliphatic carbocycles. The summed E-state index contributed by atoms with van der Waals surface area (Å²) in [5.74, 6) is -1.74. The first-order valence-corrected chi connectivity index (χ1v) is 7.51. The number of hydrogen-bond donors (Lipinski definition) is 1. The van der Waals surface area contributed by atoms with Crippen molar-refractivity contribution in [2.24, 2.45) is 0 Å². The maximum Gasteiger partial charge on any atom is 0.318 e. The summed E-state index contributed by atoms with van der Waals surface area (Å²) in [6.07, 6.45) is 0. The third-order valence-corrected chi connectivity index (χ3v) is 4.28.